The van der Waals surface area contributed by atoms with E-state index in [1.54, 1.807) is 4.90 Å². The van der Waals surface area contributed by atoms with Crippen molar-refractivity contribution in [1.82, 2.24) is 10.2 Å². The van der Waals surface area contributed by atoms with Crippen molar-refractivity contribution in [1.29, 1.82) is 0 Å². The van der Waals surface area contributed by atoms with E-state index in [0.29, 0.717) is 25.2 Å². The quantitative estimate of drug-likeness (QED) is 0.863. The highest BCUT2D eigenvalue weighted by molar-refractivity contribution is 5.94. The van der Waals surface area contributed by atoms with E-state index in [-0.39, 0.29) is 29.6 Å². The average molecular weight is 321 g/mol. The molecule has 1 heterocycles. The summed E-state index contributed by atoms with van der Waals surface area (Å²) in [7, 11) is 0. The third-order valence-corrected chi connectivity index (χ3v) is 4.07. The molecule has 5 nitrogen and oxygen atoms in total. The van der Waals surface area contributed by atoms with Gasteiger partial charge >= 0.3 is 0 Å². The molecule has 2 atom stereocenters. The van der Waals surface area contributed by atoms with Gasteiger partial charge in [-0.3, -0.25) is 9.59 Å². The molecule has 2 rings (SSSR count). The van der Waals surface area contributed by atoms with Gasteiger partial charge in [-0.05, 0) is 50.5 Å². The van der Waals surface area contributed by atoms with Gasteiger partial charge in [0.05, 0.1) is 5.92 Å². The number of carbonyl (C=O) groups excluding carboxylic acids is 2. The summed E-state index contributed by atoms with van der Waals surface area (Å²) in [4.78, 5) is 26.3. The number of nitrogens with two attached hydrogens (primary N) is 1. The Morgan fingerprint density at radius 1 is 1.39 bits per heavy atom. The zero-order valence-corrected chi connectivity index (χ0v) is 13.4. The first-order valence-corrected chi connectivity index (χ1v) is 8.05. The Morgan fingerprint density at radius 2 is 2.09 bits per heavy atom. The lowest BCUT2D eigenvalue weighted by Gasteiger charge is -2.32. The Bertz CT molecular complexity index is 545. The maximum Gasteiger partial charge on any atom is 0.253 e. The highest BCUT2D eigenvalue weighted by atomic mass is 19.1. The molecule has 1 aromatic carbocycles. The van der Waals surface area contributed by atoms with Crippen LogP contribution in [0.3, 0.4) is 0 Å². The molecule has 0 aromatic heterocycles. The zero-order chi connectivity index (χ0) is 16.8. The molecule has 1 saturated heterocycles. The van der Waals surface area contributed by atoms with Gasteiger partial charge in [-0.15, -0.1) is 0 Å². The van der Waals surface area contributed by atoms with Crippen molar-refractivity contribution in [3.05, 3.63) is 35.6 Å². The maximum absolute atomic E-state index is 12.9. The summed E-state index contributed by atoms with van der Waals surface area (Å²) in [6, 6.07) is 5.55. The summed E-state index contributed by atoms with van der Waals surface area (Å²) in [5.41, 5.74) is 6.11. The van der Waals surface area contributed by atoms with Crippen LogP contribution in [0.15, 0.2) is 24.3 Å². The van der Waals surface area contributed by atoms with E-state index in [4.69, 9.17) is 5.73 Å². The topological polar surface area (TPSA) is 75.4 Å². The predicted molar refractivity (Wildman–Crippen MR) is 86.3 cm³/mol. The first-order valence-electron chi connectivity index (χ1n) is 8.05. The number of piperidine rings is 1. The molecule has 126 valence electrons. The van der Waals surface area contributed by atoms with Gasteiger partial charge in [0, 0.05) is 31.2 Å². The van der Waals surface area contributed by atoms with E-state index in [1.165, 1.54) is 24.3 Å². The van der Waals surface area contributed by atoms with Crippen LogP contribution in [0.25, 0.3) is 0 Å². The minimum atomic E-state index is -0.369. The van der Waals surface area contributed by atoms with Gasteiger partial charge in [0.2, 0.25) is 5.91 Å². The van der Waals surface area contributed by atoms with E-state index in [0.717, 1.165) is 19.3 Å². The first kappa shape index (κ1) is 17.4. The van der Waals surface area contributed by atoms with Gasteiger partial charge in [0.15, 0.2) is 0 Å². The lowest BCUT2D eigenvalue weighted by molar-refractivity contribution is -0.126. The van der Waals surface area contributed by atoms with Crippen LogP contribution in [0.2, 0.25) is 0 Å². The average Bonchev–Trinajstić information content (AvgIpc) is 2.54. The summed E-state index contributed by atoms with van der Waals surface area (Å²) in [6.45, 7) is 3.48. The monoisotopic (exact) mass is 321 g/mol. The Kier molecular flexibility index (Phi) is 6.10. The van der Waals surface area contributed by atoms with Crippen molar-refractivity contribution in [2.75, 3.05) is 19.6 Å². The molecule has 0 bridgehead atoms. The fraction of sp³-hybridized carbons (Fsp3) is 0.529. The molecule has 1 aromatic rings. The Labute approximate surface area is 136 Å². The number of rotatable bonds is 5. The number of hydrogen-bond donors (Lipinski definition) is 2. The molecule has 1 fully saturated rings. The van der Waals surface area contributed by atoms with Crippen LogP contribution in [0, 0.1) is 11.7 Å². The second kappa shape index (κ2) is 8.06. The molecule has 0 aliphatic carbocycles. The minimum absolute atomic E-state index is 0.0257. The third kappa shape index (κ3) is 5.03. The molecule has 3 N–H and O–H groups in total. The lowest BCUT2D eigenvalue weighted by atomic mass is 9.96. The standard InChI is InChI=1S/C17H24FN3O2/c1-12(19)8-9-20-16(22)14-3-2-10-21(11-14)17(23)13-4-6-15(18)7-5-13/h4-7,12,14H,2-3,8-11,19H2,1H3,(H,20,22). The van der Waals surface area contributed by atoms with Crippen LogP contribution >= 0.6 is 0 Å². The van der Waals surface area contributed by atoms with E-state index in [1.807, 2.05) is 6.92 Å². The van der Waals surface area contributed by atoms with E-state index < -0.39 is 0 Å². The molecule has 1 aliphatic rings. The Balaban J connectivity index is 1.91. The number of halogens is 1. The molecular weight excluding hydrogens is 297 g/mol. The molecule has 0 saturated carbocycles. The van der Waals surface area contributed by atoms with Gasteiger partial charge in [0.1, 0.15) is 5.82 Å². The Morgan fingerprint density at radius 3 is 2.74 bits per heavy atom. The molecule has 0 spiro atoms. The van der Waals surface area contributed by atoms with Gasteiger partial charge < -0.3 is 16.0 Å². The maximum atomic E-state index is 12.9. The van der Waals surface area contributed by atoms with Crippen molar-refractivity contribution >= 4 is 11.8 Å². The second-order valence-electron chi connectivity index (χ2n) is 6.15. The summed E-state index contributed by atoms with van der Waals surface area (Å²) < 4.78 is 12.9. The van der Waals surface area contributed by atoms with Crippen LogP contribution < -0.4 is 11.1 Å². The van der Waals surface area contributed by atoms with E-state index in [2.05, 4.69) is 5.32 Å². The van der Waals surface area contributed by atoms with Crippen LogP contribution in [0.4, 0.5) is 4.39 Å². The van der Waals surface area contributed by atoms with Crippen LogP contribution in [0.5, 0.6) is 0 Å². The van der Waals surface area contributed by atoms with Gasteiger partial charge in [-0.2, -0.15) is 0 Å². The number of benzene rings is 1. The molecule has 2 amide bonds. The number of carbonyl (C=O) groups is 2. The predicted octanol–water partition coefficient (Wildman–Crippen LogP) is 1.53. The number of hydrogen-bond acceptors (Lipinski definition) is 3. The molecule has 23 heavy (non-hydrogen) atoms. The molecule has 0 radical (unpaired) electrons. The van der Waals surface area contributed by atoms with Gasteiger partial charge in [-0.1, -0.05) is 0 Å². The van der Waals surface area contributed by atoms with Crippen LogP contribution in [-0.4, -0.2) is 42.4 Å². The number of likely N-dealkylation sites (tertiary alicyclic amines) is 1. The van der Waals surface area contributed by atoms with E-state index in [9.17, 15) is 14.0 Å². The first-order chi connectivity index (χ1) is 11.0. The molecular formula is C17H24FN3O2. The fourth-order valence-corrected chi connectivity index (χ4v) is 2.72. The molecule has 2 unspecified atom stereocenters. The van der Waals surface area contributed by atoms with Gasteiger partial charge in [-0.25, -0.2) is 4.39 Å². The Hall–Kier alpha value is -1.95. The molecule has 6 heteroatoms. The van der Waals surface area contributed by atoms with Crippen molar-refractivity contribution < 1.29 is 14.0 Å². The van der Waals surface area contributed by atoms with Crippen LogP contribution in [0.1, 0.15) is 36.5 Å². The lowest BCUT2D eigenvalue weighted by Crippen LogP contribution is -2.45. The minimum Gasteiger partial charge on any atom is -0.356 e. The molecule has 1 aliphatic heterocycles. The highest BCUT2D eigenvalue weighted by Crippen LogP contribution is 2.19. The van der Waals surface area contributed by atoms with Crippen LogP contribution in [-0.2, 0) is 4.79 Å². The van der Waals surface area contributed by atoms with Crippen molar-refractivity contribution in [2.45, 2.75) is 32.2 Å². The van der Waals surface area contributed by atoms with Crippen molar-refractivity contribution in [3.8, 4) is 0 Å². The largest absolute Gasteiger partial charge is 0.356 e. The smallest absolute Gasteiger partial charge is 0.253 e. The third-order valence-electron chi connectivity index (χ3n) is 4.07. The zero-order valence-electron chi connectivity index (χ0n) is 13.4. The number of amides is 2. The normalized spacial score (nSPS) is 19.3. The number of nitrogens with zero attached hydrogens (tertiary/aromatic N) is 1. The highest BCUT2D eigenvalue weighted by Gasteiger charge is 2.28. The summed E-state index contributed by atoms with van der Waals surface area (Å²) >= 11 is 0. The summed E-state index contributed by atoms with van der Waals surface area (Å²) in [6.07, 6.45) is 2.30. The SMILES string of the molecule is CC(N)CCNC(=O)C1CCCN(C(=O)c2ccc(F)cc2)C1. The van der Waals surface area contributed by atoms with E-state index >= 15 is 0 Å². The summed E-state index contributed by atoms with van der Waals surface area (Å²) in [5.74, 6) is -0.742. The second-order valence-corrected chi connectivity index (χ2v) is 6.15. The van der Waals surface area contributed by atoms with Gasteiger partial charge in [0.25, 0.3) is 5.91 Å². The summed E-state index contributed by atoms with van der Waals surface area (Å²) in [5, 5.41) is 2.88. The number of nitrogens with one attached hydrogen (secondary N) is 1. The van der Waals surface area contributed by atoms with Crippen molar-refractivity contribution in [3.63, 3.8) is 0 Å². The fourth-order valence-electron chi connectivity index (χ4n) is 2.72. The van der Waals surface area contributed by atoms with Crippen molar-refractivity contribution in [2.24, 2.45) is 11.7 Å².